The van der Waals surface area contributed by atoms with Crippen LogP contribution in [0, 0.1) is 29.6 Å². The molecule has 0 aromatic rings. The lowest BCUT2D eigenvalue weighted by atomic mass is 9.55. The smallest absolute Gasteiger partial charge is 0.0134 e. The molecule has 0 aromatic carbocycles. The molecule has 16 heavy (non-hydrogen) atoms. The zero-order valence-electron chi connectivity index (χ0n) is 10.5. The van der Waals surface area contributed by atoms with E-state index in [0.29, 0.717) is 0 Å². The molecule has 6 atom stereocenters. The van der Waals surface area contributed by atoms with Gasteiger partial charge >= 0.3 is 0 Å². The molecule has 0 heterocycles. The summed E-state index contributed by atoms with van der Waals surface area (Å²) in [5.74, 6) is 4.67. The van der Waals surface area contributed by atoms with Gasteiger partial charge < -0.3 is 5.73 Å². The van der Waals surface area contributed by atoms with Crippen LogP contribution in [0.15, 0.2) is 11.1 Å². The molecule has 4 aliphatic carbocycles. The Morgan fingerprint density at radius 2 is 1.88 bits per heavy atom. The summed E-state index contributed by atoms with van der Waals surface area (Å²) in [4.78, 5) is 0. The molecule has 2 fully saturated rings. The van der Waals surface area contributed by atoms with E-state index < -0.39 is 0 Å². The largest absolute Gasteiger partial charge is 0.325 e. The van der Waals surface area contributed by atoms with Gasteiger partial charge in [0, 0.05) is 5.54 Å². The third-order valence-electron chi connectivity index (χ3n) is 5.88. The second-order valence-corrected chi connectivity index (χ2v) is 7.40. The van der Waals surface area contributed by atoms with Crippen molar-refractivity contribution in [2.45, 2.75) is 51.5 Å². The lowest BCUT2D eigenvalue weighted by Gasteiger charge is -2.51. The molecule has 0 aromatic heterocycles. The molecule has 88 valence electrons. The van der Waals surface area contributed by atoms with E-state index in [2.05, 4.69) is 13.8 Å². The monoisotopic (exact) mass is 217 g/mol. The van der Waals surface area contributed by atoms with Gasteiger partial charge in [-0.05, 0) is 68.6 Å². The maximum absolute atomic E-state index is 6.49. The molecule has 0 aliphatic heterocycles. The van der Waals surface area contributed by atoms with Gasteiger partial charge in [-0.3, -0.25) is 0 Å². The molecule has 0 saturated heterocycles. The van der Waals surface area contributed by atoms with Crippen molar-refractivity contribution in [2.24, 2.45) is 35.3 Å². The van der Waals surface area contributed by atoms with Crippen LogP contribution in [0.1, 0.15) is 46.0 Å². The quantitative estimate of drug-likeness (QED) is 0.620. The molecule has 4 aliphatic rings. The second-order valence-electron chi connectivity index (χ2n) is 7.40. The highest BCUT2D eigenvalue weighted by molar-refractivity contribution is 5.42. The number of nitrogens with two attached hydrogens (primary N) is 1. The molecule has 0 amide bonds. The summed E-state index contributed by atoms with van der Waals surface area (Å²) < 4.78 is 0. The first-order valence-corrected chi connectivity index (χ1v) is 7.07. The molecule has 1 nitrogen and oxygen atoms in total. The van der Waals surface area contributed by atoms with Crippen LogP contribution < -0.4 is 5.73 Å². The normalized spacial score (nSPS) is 58.3. The van der Waals surface area contributed by atoms with Gasteiger partial charge in [0.15, 0.2) is 0 Å². The predicted molar refractivity (Wildman–Crippen MR) is 65.8 cm³/mol. The third-order valence-corrected chi connectivity index (χ3v) is 5.88. The first-order chi connectivity index (χ1) is 7.55. The second kappa shape index (κ2) is 2.75. The zero-order chi connectivity index (χ0) is 11.1. The van der Waals surface area contributed by atoms with Crippen molar-refractivity contribution in [3.05, 3.63) is 11.1 Å². The fraction of sp³-hybridized carbons (Fsp3) is 0.867. The third kappa shape index (κ3) is 1.06. The van der Waals surface area contributed by atoms with Crippen LogP contribution in [0.5, 0.6) is 0 Å². The van der Waals surface area contributed by atoms with Gasteiger partial charge in [0.25, 0.3) is 0 Å². The van der Waals surface area contributed by atoms with Gasteiger partial charge in [-0.25, -0.2) is 0 Å². The summed E-state index contributed by atoms with van der Waals surface area (Å²) in [6.07, 6.45) is 6.89. The maximum atomic E-state index is 6.49. The summed E-state index contributed by atoms with van der Waals surface area (Å²) in [7, 11) is 0. The van der Waals surface area contributed by atoms with Crippen LogP contribution in [0.4, 0.5) is 0 Å². The standard InChI is InChI=1S/C15H23N/c1-8-3-10-9-5-12-13(7-15(2,16)6-9)11(4-8)14(10)12/h8-11,13H,3-7,16H2,1-2H3. The molecule has 0 radical (unpaired) electrons. The summed E-state index contributed by atoms with van der Waals surface area (Å²) in [5, 5.41) is 0. The molecule has 1 heteroatoms. The van der Waals surface area contributed by atoms with Crippen molar-refractivity contribution < 1.29 is 0 Å². The molecule has 2 N–H and O–H groups in total. The number of fused-ring (bicyclic) bond motifs is 3. The van der Waals surface area contributed by atoms with Crippen LogP contribution in [-0.4, -0.2) is 5.54 Å². The van der Waals surface area contributed by atoms with Crippen LogP contribution >= 0.6 is 0 Å². The summed E-state index contributed by atoms with van der Waals surface area (Å²) >= 11 is 0. The van der Waals surface area contributed by atoms with Crippen LogP contribution in [-0.2, 0) is 0 Å². The van der Waals surface area contributed by atoms with Crippen LogP contribution in [0.25, 0.3) is 0 Å². The minimum Gasteiger partial charge on any atom is -0.325 e. The molecule has 2 bridgehead atoms. The zero-order valence-corrected chi connectivity index (χ0v) is 10.5. The lowest BCUT2D eigenvalue weighted by Crippen LogP contribution is -2.48. The minimum atomic E-state index is 0.125. The highest BCUT2D eigenvalue weighted by atomic mass is 14.8. The first-order valence-electron chi connectivity index (χ1n) is 7.07. The Labute approximate surface area is 98.5 Å². The number of hydrogen-bond donors (Lipinski definition) is 1. The van der Waals surface area contributed by atoms with E-state index in [9.17, 15) is 0 Å². The number of allylic oxidation sites excluding steroid dienone is 2. The lowest BCUT2D eigenvalue weighted by molar-refractivity contribution is 0.134. The summed E-state index contributed by atoms with van der Waals surface area (Å²) in [6, 6.07) is 0. The van der Waals surface area contributed by atoms with Gasteiger partial charge in [0.05, 0.1) is 0 Å². The fourth-order valence-electron chi connectivity index (χ4n) is 5.51. The number of hydrogen-bond acceptors (Lipinski definition) is 1. The van der Waals surface area contributed by atoms with E-state index in [1.165, 1.54) is 32.1 Å². The van der Waals surface area contributed by atoms with E-state index in [1.807, 2.05) is 11.1 Å². The summed E-state index contributed by atoms with van der Waals surface area (Å²) in [5.41, 5.74) is 10.4. The van der Waals surface area contributed by atoms with Gasteiger partial charge in [0.1, 0.15) is 0 Å². The fourth-order valence-corrected chi connectivity index (χ4v) is 5.51. The van der Waals surface area contributed by atoms with Crippen molar-refractivity contribution in [2.75, 3.05) is 0 Å². The van der Waals surface area contributed by atoms with Crippen molar-refractivity contribution in [3.8, 4) is 0 Å². The van der Waals surface area contributed by atoms with E-state index in [4.69, 9.17) is 5.73 Å². The summed E-state index contributed by atoms with van der Waals surface area (Å²) in [6.45, 7) is 4.76. The van der Waals surface area contributed by atoms with Gasteiger partial charge in [0.2, 0.25) is 0 Å². The SMILES string of the molecule is CC1CC2C3=C4CC2CC(C)(N)CC4C3C1. The average molecular weight is 217 g/mol. The highest BCUT2D eigenvalue weighted by Crippen LogP contribution is 2.66. The Hall–Kier alpha value is -0.300. The van der Waals surface area contributed by atoms with E-state index in [0.717, 1.165) is 29.6 Å². The van der Waals surface area contributed by atoms with Crippen molar-refractivity contribution in [3.63, 3.8) is 0 Å². The predicted octanol–water partition coefficient (Wildman–Crippen LogP) is 3.11. The molecule has 6 unspecified atom stereocenters. The van der Waals surface area contributed by atoms with E-state index in [-0.39, 0.29) is 5.54 Å². The van der Waals surface area contributed by atoms with E-state index >= 15 is 0 Å². The van der Waals surface area contributed by atoms with Crippen molar-refractivity contribution in [1.82, 2.24) is 0 Å². The van der Waals surface area contributed by atoms with Gasteiger partial charge in [-0.1, -0.05) is 18.1 Å². The molecule has 0 spiro atoms. The van der Waals surface area contributed by atoms with Gasteiger partial charge in [-0.2, -0.15) is 0 Å². The van der Waals surface area contributed by atoms with Crippen LogP contribution in [0.3, 0.4) is 0 Å². The Kier molecular flexibility index (Phi) is 1.66. The molecule has 4 rings (SSSR count). The minimum absolute atomic E-state index is 0.125. The molecular formula is C15H23N. The van der Waals surface area contributed by atoms with Crippen LogP contribution in [0.2, 0.25) is 0 Å². The highest BCUT2D eigenvalue weighted by Gasteiger charge is 2.56. The maximum Gasteiger partial charge on any atom is 0.0134 e. The molecule has 2 saturated carbocycles. The van der Waals surface area contributed by atoms with Crippen molar-refractivity contribution in [1.29, 1.82) is 0 Å². The van der Waals surface area contributed by atoms with Crippen molar-refractivity contribution >= 4 is 0 Å². The average Bonchev–Trinajstić information content (AvgIpc) is 2.44. The van der Waals surface area contributed by atoms with E-state index in [1.54, 1.807) is 0 Å². The number of rotatable bonds is 0. The Bertz CT molecular complexity index is 379. The Balaban J connectivity index is 1.78. The van der Waals surface area contributed by atoms with Gasteiger partial charge in [-0.15, -0.1) is 0 Å². The Morgan fingerprint density at radius 3 is 2.69 bits per heavy atom. The topological polar surface area (TPSA) is 26.0 Å². The molecular weight excluding hydrogens is 194 g/mol. The first kappa shape index (κ1) is 9.70. The Morgan fingerprint density at radius 1 is 1.12 bits per heavy atom.